The van der Waals surface area contributed by atoms with Gasteiger partial charge in [-0.1, -0.05) is 29.3 Å². The zero-order valence-corrected chi connectivity index (χ0v) is 10.4. The maximum absolute atomic E-state index is 6.06. The smallest absolute Gasteiger partial charge is 0.0763 e. The molecule has 0 spiro atoms. The molecule has 0 aliphatic carbocycles. The maximum atomic E-state index is 6.06. The van der Waals surface area contributed by atoms with Crippen LogP contribution in [0.15, 0.2) is 29.0 Å². The van der Waals surface area contributed by atoms with E-state index >= 15 is 0 Å². The minimum absolute atomic E-state index is 0.633. The quantitative estimate of drug-likeness (QED) is 0.789. The predicted octanol–water partition coefficient (Wildman–Crippen LogP) is 5.11. The third-order valence-corrected chi connectivity index (χ3v) is 3.57. The van der Waals surface area contributed by atoms with Crippen molar-refractivity contribution in [1.29, 1.82) is 0 Å². The molecular weight excluding hydrogens is 249 g/mol. The Bertz CT molecular complexity index is 459. The van der Waals surface area contributed by atoms with Gasteiger partial charge in [0.1, 0.15) is 0 Å². The largest absolute Gasteiger partial charge is 0.352 e. The molecule has 4 heteroatoms. The fraction of sp³-hybridized carbons (Fsp3) is 0.0909. The standard InChI is InChI=1S/C11H9Cl2NS/c1-7-5-15-6-10(7)14-11-8(12)3-2-4-9(11)13/h2-6,14H,1H3. The van der Waals surface area contributed by atoms with Crippen LogP contribution in [0.1, 0.15) is 5.56 Å². The van der Waals surface area contributed by atoms with E-state index in [1.54, 1.807) is 11.3 Å². The van der Waals surface area contributed by atoms with Crippen molar-refractivity contribution in [2.45, 2.75) is 6.92 Å². The first-order valence-corrected chi connectivity index (χ1v) is 6.12. The van der Waals surface area contributed by atoms with E-state index in [0.29, 0.717) is 10.0 Å². The van der Waals surface area contributed by atoms with Crippen LogP contribution in [0, 0.1) is 6.92 Å². The first kappa shape index (κ1) is 10.8. The minimum Gasteiger partial charge on any atom is -0.352 e. The maximum Gasteiger partial charge on any atom is 0.0763 e. The molecule has 1 heterocycles. The van der Waals surface area contributed by atoms with Gasteiger partial charge in [0.25, 0.3) is 0 Å². The molecule has 0 unspecified atom stereocenters. The Balaban J connectivity index is 2.36. The molecule has 0 radical (unpaired) electrons. The van der Waals surface area contributed by atoms with Gasteiger partial charge in [0.05, 0.1) is 21.4 Å². The van der Waals surface area contributed by atoms with Crippen LogP contribution in [0.4, 0.5) is 11.4 Å². The van der Waals surface area contributed by atoms with Crippen molar-refractivity contribution in [3.8, 4) is 0 Å². The summed E-state index contributed by atoms with van der Waals surface area (Å²) < 4.78 is 0. The molecule has 0 atom stereocenters. The van der Waals surface area contributed by atoms with Gasteiger partial charge >= 0.3 is 0 Å². The van der Waals surface area contributed by atoms with E-state index in [-0.39, 0.29) is 0 Å². The van der Waals surface area contributed by atoms with Crippen LogP contribution < -0.4 is 5.32 Å². The summed E-state index contributed by atoms with van der Waals surface area (Å²) in [4.78, 5) is 0. The Hall–Kier alpha value is -0.700. The van der Waals surface area contributed by atoms with E-state index in [9.17, 15) is 0 Å². The summed E-state index contributed by atoms with van der Waals surface area (Å²) >= 11 is 13.8. The van der Waals surface area contributed by atoms with E-state index in [0.717, 1.165) is 11.4 Å². The fourth-order valence-corrected chi connectivity index (χ4v) is 2.51. The van der Waals surface area contributed by atoms with Crippen molar-refractivity contribution >= 4 is 45.9 Å². The Morgan fingerprint density at radius 3 is 2.33 bits per heavy atom. The molecule has 0 aliphatic rings. The van der Waals surface area contributed by atoms with Gasteiger partial charge in [-0.3, -0.25) is 0 Å². The Kier molecular flexibility index (Phi) is 3.19. The zero-order valence-electron chi connectivity index (χ0n) is 8.05. The molecule has 15 heavy (non-hydrogen) atoms. The molecule has 1 N–H and O–H groups in total. The van der Waals surface area contributed by atoms with Gasteiger partial charge in [-0.2, -0.15) is 0 Å². The van der Waals surface area contributed by atoms with Gasteiger partial charge in [-0.05, 0) is 30.0 Å². The molecule has 78 valence electrons. The van der Waals surface area contributed by atoms with Gasteiger partial charge in [-0.15, -0.1) is 11.3 Å². The summed E-state index contributed by atoms with van der Waals surface area (Å²) in [6.45, 7) is 2.05. The normalized spacial score (nSPS) is 10.3. The number of nitrogens with one attached hydrogen (secondary N) is 1. The van der Waals surface area contributed by atoms with E-state index in [2.05, 4.69) is 10.7 Å². The molecule has 1 aromatic carbocycles. The molecule has 0 saturated carbocycles. The van der Waals surface area contributed by atoms with Crippen molar-refractivity contribution in [2.75, 3.05) is 5.32 Å². The van der Waals surface area contributed by atoms with E-state index in [1.807, 2.05) is 30.5 Å². The van der Waals surface area contributed by atoms with E-state index in [4.69, 9.17) is 23.2 Å². The summed E-state index contributed by atoms with van der Waals surface area (Å²) in [6.07, 6.45) is 0. The Labute approximate surface area is 103 Å². The predicted molar refractivity (Wildman–Crippen MR) is 68.8 cm³/mol. The molecule has 2 aromatic rings. The second-order valence-corrected chi connectivity index (χ2v) is 4.75. The van der Waals surface area contributed by atoms with Gasteiger partial charge < -0.3 is 5.32 Å². The monoisotopic (exact) mass is 257 g/mol. The molecule has 2 rings (SSSR count). The Morgan fingerprint density at radius 2 is 1.80 bits per heavy atom. The molecule has 0 fully saturated rings. The summed E-state index contributed by atoms with van der Waals surface area (Å²) in [5, 5.41) is 8.61. The van der Waals surface area contributed by atoms with Gasteiger partial charge in [0, 0.05) is 5.38 Å². The lowest BCUT2D eigenvalue weighted by Crippen LogP contribution is -1.91. The number of rotatable bonds is 2. The Morgan fingerprint density at radius 1 is 1.13 bits per heavy atom. The molecule has 0 saturated heterocycles. The molecular formula is C11H9Cl2NS. The summed E-state index contributed by atoms with van der Waals surface area (Å²) in [5.41, 5.74) is 3.01. The minimum atomic E-state index is 0.633. The lowest BCUT2D eigenvalue weighted by molar-refractivity contribution is 1.49. The van der Waals surface area contributed by atoms with E-state index in [1.165, 1.54) is 5.56 Å². The molecule has 0 bridgehead atoms. The highest BCUT2D eigenvalue weighted by Gasteiger charge is 2.07. The van der Waals surface area contributed by atoms with Gasteiger partial charge in [0.15, 0.2) is 0 Å². The number of halogens is 2. The third-order valence-electron chi connectivity index (χ3n) is 2.08. The number of thiophene rings is 1. The SMILES string of the molecule is Cc1cscc1Nc1c(Cl)cccc1Cl. The van der Waals surface area contributed by atoms with Crippen molar-refractivity contribution in [1.82, 2.24) is 0 Å². The number of para-hydroxylation sites is 1. The number of benzene rings is 1. The van der Waals surface area contributed by atoms with Crippen molar-refractivity contribution in [3.63, 3.8) is 0 Å². The van der Waals surface area contributed by atoms with Crippen LogP contribution >= 0.6 is 34.5 Å². The second kappa shape index (κ2) is 4.44. The van der Waals surface area contributed by atoms with Crippen LogP contribution in [0.5, 0.6) is 0 Å². The summed E-state index contributed by atoms with van der Waals surface area (Å²) in [6, 6.07) is 5.46. The number of hydrogen-bond acceptors (Lipinski definition) is 2. The van der Waals surface area contributed by atoms with Crippen LogP contribution in [0.2, 0.25) is 10.0 Å². The topological polar surface area (TPSA) is 12.0 Å². The summed E-state index contributed by atoms with van der Waals surface area (Å²) in [7, 11) is 0. The van der Waals surface area contributed by atoms with Crippen LogP contribution in [-0.4, -0.2) is 0 Å². The average Bonchev–Trinajstić information content (AvgIpc) is 2.58. The number of anilines is 2. The van der Waals surface area contributed by atoms with Gasteiger partial charge in [-0.25, -0.2) is 0 Å². The first-order chi connectivity index (χ1) is 7.18. The van der Waals surface area contributed by atoms with Crippen LogP contribution in [0.3, 0.4) is 0 Å². The molecule has 1 nitrogen and oxygen atoms in total. The number of hydrogen-bond donors (Lipinski definition) is 1. The zero-order chi connectivity index (χ0) is 10.8. The highest BCUT2D eigenvalue weighted by atomic mass is 35.5. The fourth-order valence-electron chi connectivity index (χ4n) is 1.24. The van der Waals surface area contributed by atoms with Crippen molar-refractivity contribution in [2.24, 2.45) is 0 Å². The summed E-state index contributed by atoms with van der Waals surface area (Å²) in [5.74, 6) is 0. The lowest BCUT2D eigenvalue weighted by atomic mass is 10.3. The highest BCUT2D eigenvalue weighted by molar-refractivity contribution is 7.08. The van der Waals surface area contributed by atoms with E-state index < -0.39 is 0 Å². The van der Waals surface area contributed by atoms with Gasteiger partial charge in [0.2, 0.25) is 0 Å². The second-order valence-electron chi connectivity index (χ2n) is 3.19. The third kappa shape index (κ3) is 2.28. The van der Waals surface area contributed by atoms with Crippen LogP contribution in [0.25, 0.3) is 0 Å². The number of aryl methyl sites for hydroxylation is 1. The molecule has 1 aromatic heterocycles. The average molecular weight is 258 g/mol. The molecule has 0 aliphatic heterocycles. The molecule has 0 amide bonds. The first-order valence-electron chi connectivity index (χ1n) is 4.42. The van der Waals surface area contributed by atoms with Crippen molar-refractivity contribution in [3.05, 3.63) is 44.6 Å². The highest BCUT2D eigenvalue weighted by Crippen LogP contribution is 2.34. The van der Waals surface area contributed by atoms with Crippen molar-refractivity contribution < 1.29 is 0 Å². The van der Waals surface area contributed by atoms with Crippen LogP contribution in [-0.2, 0) is 0 Å². The lowest BCUT2D eigenvalue weighted by Gasteiger charge is -2.09.